The molecule has 3 nitrogen and oxygen atoms in total. The van der Waals surface area contributed by atoms with Crippen LogP contribution in [0.15, 0.2) is 35.5 Å². The molecule has 17 heavy (non-hydrogen) atoms. The van der Waals surface area contributed by atoms with Crippen molar-refractivity contribution in [2.24, 2.45) is 5.92 Å². The number of carbonyl (C=O) groups excluding carboxylic acids is 1. The Bertz CT molecular complexity index is 388. The maximum absolute atomic E-state index is 11.5. The molecule has 1 aromatic rings. The van der Waals surface area contributed by atoms with E-state index in [2.05, 4.69) is 6.58 Å². The van der Waals surface area contributed by atoms with E-state index in [4.69, 9.17) is 9.15 Å². The van der Waals surface area contributed by atoms with Gasteiger partial charge in [-0.2, -0.15) is 0 Å². The monoisotopic (exact) mass is 234 g/mol. The molecular formula is C14H18O3. The van der Waals surface area contributed by atoms with E-state index in [9.17, 15) is 4.79 Å². The molecule has 1 fully saturated rings. The van der Waals surface area contributed by atoms with E-state index in [1.807, 2.05) is 19.1 Å². The Morgan fingerprint density at radius 2 is 2.29 bits per heavy atom. The number of hydrogen-bond acceptors (Lipinski definition) is 3. The SMILES string of the molecule is C=CC(=O)OC(C)(c1ccco1)C1CCCC1. The average molecular weight is 234 g/mol. The van der Waals surface area contributed by atoms with Crippen LogP contribution < -0.4 is 0 Å². The number of hydrogen-bond donors (Lipinski definition) is 0. The van der Waals surface area contributed by atoms with Crippen molar-refractivity contribution < 1.29 is 13.9 Å². The van der Waals surface area contributed by atoms with Gasteiger partial charge in [-0.3, -0.25) is 0 Å². The van der Waals surface area contributed by atoms with Crippen molar-refractivity contribution in [3.8, 4) is 0 Å². The highest BCUT2D eigenvalue weighted by Gasteiger charge is 2.42. The van der Waals surface area contributed by atoms with Gasteiger partial charge in [0, 0.05) is 12.0 Å². The molecule has 0 radical (unpaired) electrons. The minimum absolute atomic E-state index is 0.331. The van der Waals surface area contributed by atoms with Crippen LogP contribution in [0.5, 0.6) is 0 Å². The van der Waals surface area contributed by atoms with E-state index in [1.165, 1.54) is 18.9 Å². The fraction of sp³-hybridized carbons (Fsp3) is 0.500. The highest BCUT2D eigenvalue weighted by molar-refractivity contribution is 5.81. The summed E-state index contributed by atoms with van der Waals surface area (Å²) in [6.07, 6.45) is 7.34. The Morgan fingerprint density at radius 1 is 1.59 bits per heavy atom. The first-order chi connectivity index (χ1) is 8.16. The van der Waals surface area contributed by atoms with Crippen molar-refractivity contribution >= 4 is 5.97 Å². The van der Waals surface area contributed by atoms with Crippen molar-refractivity contribution in [2.75, 3.05) is 0 Å². The Balaban J connectivity index is 2.27. The topological polar surface area (TPSA) is 39.4 Å². The summed E-state index contributed by atoms with van der Waals surface area (Å²) in [7, 11) is 0. The molecule has 0 saturated heterocycles. The summed E-state index contributed by atoms with van der Waals surface area (Å²) in [6.45, 7) is 5.38. The predicted octanol–water partition coefficient (Wildman–Crippen LogP) is 3.41. The second-order valence-corrected chi connectivity index (χ2v) is 4.69. The van der Waals surface area contributed by atoms with Gasteiger partial charge in [0.25, 0.3) is 0 Å². The molecule has 0 aliphatic heterocycles. The quantitative estimate of drug-likeness (QED) is 0.592. The van der Waals surface area contributed by atoms with Crippen molar-refractivity contribution in [3.63, 3.8) is 0 Å². The Hall–Kier alpha value is -1.51. The number of esters is 1. The molecular weight excluding hydrogens is 216 g/mol. The second kappa shape index (κ2) is 4.78. The van der Waals surface area contributed by atoms with Crippen LogP contribution in [0.2, 0.25) is 0 Å². The molecule has 0 aromatic carbocycles. The number of carbonyl (C=O) groups is 1. The third-order valence-corrected chi connectivity index (χ3v) is 3.62. The van der Waals surface area contributed by atoms with Gasteiger partial charge in [-0.1, -0.05) is 19.4 Å². The Labute approximate surface area is 101 Å². The normalized spacial score (nSPS) is 19.8. The van der Waals surface area contributed by atoms with Crippen LogP contribution in [0, 0.1) is 5.92 Å². The minimum Gasteiger partial charge on any atom is -0.465 e. The summed E-state index contributed by atoms with van der Waals surface area (Å²) in [4.78, 5) is 11.5. The fourth-order valence-corrected chi connectivity index (χ4v) is 2.62. The van der Waals surface area contributed by atoms with Gasteiger partial charge in [0.1, 0.15) is 5.76 Å². The fourth-order valence-electron chi connectivity index (χ4n) is 2.62. The summed E-state index contributed by atoms with van der Waals surface area (Å²) in [5.41, 5.74) is -0.661. The summed E-state index contributed by atoms with van der Waals surface area (Å²) in [6, 6.07) is 3.69. The summed E-state index contributed by atoms with van der Waals surface area (Å²) < 4.78 is 11.0. The lowest BCUT2D eigenvalue weighted by molar-refractivity contribution is -0.161. The summed E-state index contributed by atoms with van der Waals surface area (Å²) in [5.74, 6) is 0.660. The van der Waals surface area contributed by atoms with Crippen LogP contribution in [0.25, 0.3) is 0 Å². The van der Waals surface area contributed by atoms with Gasteiger partial charge in [-0.15, -0.1) is 0 Å². The molecule has 1 saturated carbocycles. The molecule has 0 bridgehead atoms. The van der Waals surface area contributed by atoms with Gasteiger partial charge in [0.2, 0.25) is 0 Å². The standard InChI is InChI=1S/C14H18O3/c1-3-13(15)17-14(2,11-7-4-5-8-11)12-9-6-10-16-12/h3,6,9-11H,1,4-5,7-8H2,2H3. The average Bonchev–Trinajstić information content (AvgIpc) is 3.01. The number of furan rings is 1. The molecule has 0 spiro atoms. The zero-order valence-corrected chi connectivity index (χ0v) is 10.1. The first-order valence-corrected chi connectivity index (χ1v) is 6.06. The molecule has 1 atom stereocenters. The van der Waals surface area contributed by atoms with Crippen molar-refractivity contribution in [1.82, 2.24) is 0 Å². The molecule has 1 heterocycles. The molecule has 0 amide bonds. The second-order valence-electron chi connectivity index (χ2n) is 4.69. The third kappa shape index (κ3) is 2.28. The van der Waals surface area contributed by atoms with Gasteiger partial charge in [0.05, 0.1) is 6.26 Å². The van der Waals surface area contributed by atoms with Gasteiger partial charge >= 0.3 is 5.97 Å². The lowest BCUT2D eigenvalue weighted by atomic mass is 9.85. The largest absolute Gasteiger partial charge is 0.465 e. The zero-order valence-electron chi connectivity index (χ0n) is 10.1. The van der Waals surface area contributed by atoms with Crippen LogP contribution in [0.4, 0.5) is 0 Å². The first-order valence-electron chi connectivity index (χ1n) is 6.06. The highest BCUT2D eigenvalue weighted by Crippen LogP contribution is 2.43. The van der Waals surface area contributed by atoms with Crippen LogP contribution in [0.1, 0.15) is 38.4 Å². The zero-order chi connectivity index (χ0) is 12.3. The maximum atomic E-state index is 11.5. The highest BCUT2D eigenvalue weighted by atomic mass is 16.6. The minimum atomic E-state index is -0.661. The molecule has 2 rings (SSSR count). The van der Waals surface area contributed by atoms with Crippen LogP contribution in [-0.2, 0) is 15.1 Å². The van der Waals surface area contributed by atoms with E-state index < -0.39 is 11.6 Å². The molecule has 1 aromatic heterocycles. The van der Waals surface area contributed by atoms with Crippen molar-refractivity contribution in [2.45, 2.75) is 38.2 Å². The molecule has 1 unspecified atom stereocenters. The van der Waals surface area contributed by atoms with Gasteiger partial charge in [-0.25, -0.2) is 4.79 Å². The number of ether oxygens (including phenoxy) is 1. The Kier molecular flexibility index (Phi) is 3.36. The maximum Gasteiger partial charge on any atom is 0.331 e. The van der Waals surface area contributed by atoms with E-state index in [-0.39, 0.29) is 0 Å². The van der Waals surface area contributed by atoms with E-state index >= 15 is 0 Å². The summed E-state index contributed by atoms with van der Waals surface area (Å²) >= 11 is 0. The first kappa shape index (κ1) is 12.0. The van der Waals surface area contributed by atoms with Crippen molar-refractivity contribution in [1.29, 1.82) is 0 Å². The molecule has 1 aliphatic rings. The lowest BCUT2D eigenvalue weighted by Gasteiger charge is -2.32. The number of rotatable bonds is 4. The smallest absolute Gasteiger partial charge is 0.331 e. The van der Waals surface area contributed by atoms with E-state index in [1.54, 1.807) is 6.26 Å². The molecule has 0 N–H and O–H groups in total. The third-order valence-electron chi connectivity index (χ3n) is 3.62. The van der Waals surface area contributed by atoms with E-state index in [0.29, 0.717) is 5.92 Å². The van der Waals surface area contributed by atoms with Crippen LogP contribution in [-0.4, -0.2) is 5.97 Å². The van der Waals surface area contributed by atoms with Gasteiger partial charge in [0.15, 0.2) is 5.60 Å². The van der Waals surface area contributed by atoms with Crippen molar-refractivity contribution in [3.05, 3.63) is 36.8 Å². The van der Waals surface area contributed by atoms with Crippen LogP contribution >= 0.6 is 0 Å². The predicted molar refractivity (Wildman–Crippen MR) is 64.3 cm³/mol. The van der Waals surface area contributed by atoms with Crippen LogP contribution in [0.3, 0.4) is 0 Å². The van der Waals surface area contributed by atoms with E-state index in [0.717, 1.165) is 18.6 Å². The Morgan fingerprint density at radius 3 is 2.82 bits per heavy atom. The lowest BCUT2D eigenvalue weighted by Crippen LogP contribution is -2.35. The molecule has 1 aliphatic carbocycles. The molecule has 92 valence electrons. The summed E-state index contributed by atoms with van der Waals surface area (Å²) in [5, 5.41) is 0. The van der Waals surface area contributed by atoms with Gasteiger partial charge < -0.3 is 9.15 Å². The molecule has 3 heteroatoms. The van der Waals surface area contributed by atoms with Gasteiger partial charge in [-0.05, 0) is 31.9 Å².